The van der Waals surface area contributed by atoms with E-state index in [1.54, 1.807) is 6.07 Å². The van der Waals surface area contributed by atoms with Crippen molar-refractivity contribution in [3.05, 3.63) is 46.0 Å². The number of thiocarbonyl (C=S) groups is 1. The molecule has 0 saturated carbocycles. The number of carbonyl (C=O) groups excluding carboxylic acids is 1. The van der Waals surface area contributed by atoms with Crippen LogP contribution in [0.1, 0.15) is 31.1 Å². The fourth-order valence-electron chi connectivity index (χ4n) is 2.77. The number of rotatable bonds is 10. The van der Waals surface area contributed by atoms with Gasteiger partial charge >= 0.3 is 5.69 Å². The Balaban J connectivity index is 2.23. The van der Waals surface area contributed by atoms with Crippen LogP contribution in [-0.4, -0.2) is 42.9 Å². The number of carbonyl (C=O) groups is 1. The summed E-state index contributed by atoms with van der Waals surface area (Å²) in [6, 6.07) is 7.30. The zero-order valence-corrected chi connectivity index (χ0v) is 19.0. The first-order chi connectivity index (χ1) is 15.3. The third kappa shape index (κ3) is 6.20. The van der Waals surface area contributed by atoms with E-state index in [4.69, 9.17) is 31.2 Å². The lowest BCUT2D eigenvalue weighted by molar-refractivity contribution is -0.385. The summed E-state index contributed by atoms with van der Waals surface area (Å²) >= 11 is 5.19. The summed E-state index contributed by atoms with van der Waals surface area (Å²) < 4.78 is 21.8. The minimum Gasteiger partial charge on any atom is -0.490 e. The number of amides is 1. The number of nitro benzene ring substituents is 1. The molecule has 32 heavy (non-hydrogen) atoms. The molecular weight excluding hydrogens is 438 g/mol. The molecule has 0 radical (unpaired) electrons. The van der Waals surface area contributed by atoms with Gasteiger partial charge in [0.2, 0.25) is 5.75 Å². The Labute approximate surface area is 191 Å². The maximum atomic E-state index is 12.8. The number of nitrogens with zero attached hydrogens (tertiary/aromatic N) is 1. The molecule has 0 spiro atoms. The summed E-state index contributed by atoms with van der Waals surface area (Å²) in [6.07, 6.45) is 0. The van der Waals surface area contributed by atoms with Crippen molar-refractivity contribution in [1.82, 2.24) is 5.32 Å². The van der Waals surface area contributed by atoms with Crippen molar-refractivity contribution >= 4 is 34.6 Å². The van der Waals surface area contributed by atoms with E-state index >= 15 is 0 Å². The van der Waals surface area contributed by atoms with Gasteiger partial charge in [0.25, 0.3) is 5.91 Å². The number of nitro groups is 1. The van der Waals surface area contributed by atoms with E-state index in [1.807, 2.05) is 20.8 Å². The fraction of sp³-hybridized carbons (Fsp3) is 0.333. The molecule has 0 aromatic heterocycles. The molecule has 0 saturated heterocycles. The molecule has 11 heteroatoms. The molecule has 2 rings (SSSR count). The van der Waals surface area contributed by atoms with Gasteiger partial charge in [0.1, 0.15) is 0 Å². The molecule has 0 bridgehead atoms. The number of ether oxygens (including phenoxy) is 4. The number of methoxy groups -OCH3 is 1. The highest BCUT2D eigenvalue weighted by atomic mass is 32.1. The molecule has 0 unspecified atom stereocenters. The van der Waals surface area contributed by atoms with Crippen LogP contribution >= 0.6 is 12.2 Å². The number of nitrogens with one attached hydrogen (secondary N) is 2. The predicted octanol–water partition coefficient (Wildman–Crippen LogP) is 3.93. The Kier molecular flexibility index (Phi) is 9.02. The number of anilines is 1. The van der Waals surface area contributed by atoms with Crippen molar-refractivity contribution in [2.24, 2.45) is 0 Å². The molecule has 0 fully saturated rings. The highest BCUT2D eigenvalue weighted by Crippen LogP contribution is 2.39. The summed E-state index contributed by atoms with van der Waals surface area (Å²) in [5.74, 6) is 0.747. The van der Waals surface area contributed by atoms with Crippen LogP contribution in [0.4, 0.5) is 11.4 Å². The first-order valence-corrected chi connectivity index (χ1v) is 10.3. The van der Waals surface area contributed by atoms with Crippen molar-refractivity contribution in [3.63, 3.8) is 0 Å². The molecule has 10 nitrogen and oxygen atoms in total. The molecule has 0 aliphatic carbocycles. The summed E-state index contributed by atoms with van der Waals surface area (Å²) in [7, 11) is 1.34. The summed E-state index contributed by atoms with van der Waals surface area (Å²) in [4.78, 5) is 23.4. The number of hydrogen-bond acceptors (Lipinski definition) is 8. The van der Waals surface area contributed by atoms with Crippen molar-refractivity contribution < 1.29 is 28.7 Å². The molecule has 1 amide bonds. The summed E-state index contributed by atoms with van der Waals surface area (Å²) in [5.41, 5.74) is 0.325. The molecule has 2 aromatic rings. The topological polar surface area (TPSA) is 121 Å². The van der Waals surface area contributed by atoms with Gasteiger partial charge in [0.15, 0.2) is 22.4 Å². The second kappa shape index (κ2) is 11.7. The van der Waals surface area contributed by atoms with Crippen LogP contribution in [0.15, 0.2) is 30.3 Å². The van der Waals surface area contributed by atoms with Crippen molar-refractivity contribution in [3.8, 4) is 23.0 Å². The molecule has 0 aliphatic rings. The van der Waals surface area contributed by atoms with Gasteiger partial charge in [-0.3, -0.25) is 20.2 Å². The van der Waals surface area contributed by atoms with Gasteiger partial charge in [0.05, 0.1) is 31.9 Å². The predicted molar refractivity (Wildman–Crippen MR) is 123 cm³/mol. The average Bonchev–Trinajstić information content (AvgIpc) is 2.75. The van der Waals surface area contributed by atoms with Crippen molar-refractivity contribution in [2.75, 3.05) is 32.2 Å². The fourth-order valence-corrected chi connectivity index (χ4v) is 2.98. The van der Waals surface area contributed by atoms with Crippen LogP contribution in [-0.2, 0) is 0 Å². The molecule has 0 heterocycles. The van der Waals surface area contributed by atoms with Gasteiger partial charge in [-0.25, -0.2) is 0 Å². The SMILES string of the molecule is CCOc1cc(C(=O)NC(=S)Nc2ccc(OC)c([N+](=O)[O-])c2)cc(OCC)c1OCC. The standard InChI is InChI=1S/C21H25N3O7S/c1-5-29-17-10-13(11-18(30-6-2)19(17)31-7-3)20(25)23-21(32)22-14-8-9-16(28-4)15(12-14)24(26)27/h8-12H,5-7H2,1-4H3,(H2,22,23,25,32). The molecule has 172 valence electrons. The van der Waals surface area contributed by atoms with Gasteiger partial charge in [-0.2, -0.15) is 0 Å². The monoisotopic (exact) mass is 463 g/mol. The van der Waals surface area contributed by atoms with E-state index in [-0.39, 0.29) is 22.1 Å². The van der Waals surface area contributed by atoms with Gasteiger partial charge in [0, 0.05) is 17.3 Å². The highest BCUT2D eigenvalue weighted by molar-refractivity contribution is 7.80. The van der Waals surface area contributed by atoms with Crippen LogP contribution in [0, 0.1) is 10.1 Å². The molecular formula is C21H25N3O7S. The van der Waals surface area contributed by atoms with Crippen LogP contribution in [0.3, 0.4) is 0 Å². The summed E-state index contributed by atoms with van der Waals surface area (Å²) in [6.45, 7) is 6.60. The van der Waals surface area contributed by atoms with E-state index < -0.39 is 10.8 Å². The second-order valence-electron chi connectivity index (χ2n) is 6.15. The third-order valence-electron chi connectivity index (χ3n) is 4.03. The van der Waals surface area contributed by atoms with E-state index in [2.05, 4.69) is 10.6 Å². The van der Waals surface area contributed by atoms with Crippen LogP contribution in [0.5, 0.6) is 23.0 Å². The Morgan fingerprint density at radius 1 is 1.00 bits per heavy atom. The van der Waals surface area contributed by atoms with Crippen LogP contribution in [0.25, 0.3) is 0 Å². The van der Waals surface area contributed by atoms with Gasteiger partial charge in [-0.1, -0.05) is 0 Å². The van der Waals surface area contributed by atoms with Gasteiger partial charge < -0.3 is 24.3 Å². The van der Waals surface area contributed by atoms with Gasteiger partial charge in [-0.05, 0) is 57.3 Å². The normalized spacial score (nSPS) is 10.1. The minimum absolute atomic E-state index is 0.0423. The summed E-state index contributed by atoms with van der Waals surface area (Å²) in [5, 5.41) is 16.4. The maximum Gasteiger partial charge on any atom is 0.312 e. The van der Waals surface area contributed by atoms with E-state index in [9.17, 15) is 14.9 Å². The Bertz CT molecular complexity index is 970. The smallest absolute Gasteiger partial charge is 0.312 e. The first-order valence-electron chi connectivity index (χ1n) is 9.85. The number of benzene rings is 2. The Hall–Kier alpha value is -3.60. The minimum atomic E-state index is -0.573. The lowest BCUT2D eigenvalue weighted by atomic mass is 10.1. The van der Waals surface area contributed by atoms with Crippen LogP contribution < -0.4 is 29.6 Å². The zero-order valence-electron chi connectivity index (χ0n) is 18.2. The Morgan fingerprint density at radius 3 is 2.09 bits per heavy atom. The molecule has 0 atom stereocenters. The molecule has 2 N–H and O–H groups in total. The molecule has 2 aromatic carbocycles. The largest absolute Gasteiger partial charge is 0.490 e. The van der Waals surface area contributed by atoms with E-state index in [1.165, 1.54) is 31.4 Å². The number of hydrogen-bond donors (Lipinski definition) is 2. The lowest BCUT2D eigenvalue weighted by Crippen LogP contribution is -2.34. The lowest BCUT2D eigenvalue weighted by Gasteiger charge is -2.17. The first kappa shape index (κ1) is 24.7. The van der Waals surface area contributed by atoms with E-state index in [0.717, 1.165) is 0 Å². The zero-order chi connectivity index (χ0) is 23.7. The van der Waals surface area contributed by atoms with E-state index in [0.29, 0.717) is 42.8 Å². The second-order valence-corrected chi connectivity index (χ2v) is 6.56. The highest BCUT2D eigenvalue weighted by Gasteiger charge is 2.20. The van der Waals surface area contributed by atoms with Crippen LogP contribution in [0.2, 0.25) is 0 Å². The third-order valence-corrected chi connectivity index (χ3v) is 4.24. The average molecular weight is 464 g/mol. The molecule has 0 aliphatic heterocycles. The van der Waals surface area contributed by atoms with Crippen molar-refractivity contribution in [1.29, 1.82) is 0 Å². The Morgan fingerprint density at radius 2 is 1.59 bits per heavy atom. The van der Waals surface area contributed by atoms with Crippen molar-refractivity contribution in [2.45, 2.75) is 20.8 Å². The quantitative estimate of drug-likeness (QED) is 0.307. The van der Waals surface area contributed by atoms with Gasteiger partial charge in [-0.15, -0.1) is 0 Å². The maximum absolute atomic E-state index is 12.8.